The molecule has 0 spiro atoms. The van der Waals surface area contributed by atoms with Crippen LogP contribution >= 0.6 is 34.8 Å². The van der Waals surface area contributed by atoms with Crippen LogP contribution in [0.2, 0.25) is 15.1 Å². The van der Waals surface area contributed by atoms with Crippen LogP contribution in [0.1, 0.15) is 10.4 Å². The van der Waals surface area contributed by atoms with E-state index >= 15 is 0 Å². The lowest BCUT2D eigenvalue weighted by Crippen LogP contribution is -2.03. The molecule has 6 heteroatoms. The summed E-state index contributed by atoms with van der Waals surface area (Å²) in [5.74, 6) is -0.535. The molecule has 0 N–H and O–H groups in total. The fourth-order valence-corrected chi connectivity index (χ4v) is 2.27. The van der Waals surface area contributed by atoms with E-state index in [9.17, 15) is 4.79 Å². The fourth-order valence-electron chi connectivity index (χ4n) is 1.59. The van der Waals surface area contributed by atoms with Crippen LogP contribution in [-0.2, 0) is 4.74 Å². The minimum Gasteiger partial charge on any atom is -0.465 e. The maximum atomic E-state index is 11.6. The first-order valence-corrected chi connectivity index (χ1v) is 6.37. The highest BCUT2D eigenvalue weighted by molar-refractivity contribution is 6.44. The predicted molar refractivity (Wildman–Crippen MR) is 76.0 cm³/mol. The summed E-state index contributed by atoms with van der Waals surface area (Å²) in [7, 11) is 1.28. The Kier molecular flexibility index (Phi) is 4.30. The summed E-state index contributed by atoms with van der Waals surface area (Å²) in [6.45, 7) is 0. The maximum absolute atomic E-state index is 11.6. The average Bonchev–Trinajstić information content (AvgIpc) is 2.42. The predicted octanol–water partition coefficient (Wildman–Crippen LogP) is 4.50. The topological polar surface area (TPSA) is 39.2 Å². The maximum Gasteiger partial charge on any atom is 0.339 e. The Morgan fingerprint density at radius 2 is 1.89 bits per heavy atom. The Hall–Kier alpha value is -1.29. The number of rotatable bonds is 2. The molecule has 0 saturated carbocycles. The molecule has 0 radical (unpaired) electrons. The molecule has 1 heterocycles. The van der Waals surface area contributed by atoms with Crippen LogP contribution in [0.15, 0.2) is 30.5 Å². The van der Waals surface area contributed by atoms with E-state index in [2.05, 4.69) is 9.72 Å². The average molecular weight is 317 g/mol. The highest BCUT2D eigenvalue weighted by atomic mass is 35.5. The van der Waals surface area contributed by atoms with Crippen molar-refractivity contribution in [2.75, 3.05) is 7.11 Å². The summed E-state index contributed by atoms with van der Waals surface area (Å²) in [4.78, 5) is 15.7. The van der Waals surface area contributed by atoms with Gasteiger partial charge in [-0.25, -0.2) is 4.79 Å². The zero-order valence-electron chi connectivity index (χ0n) is 9.78. The number of esters is 1. The third-order valence-electron chi connectivity index (χ3n) is 2.50. The lowest BCUT2D eigenvalue weighted by Gasteiger charge is -2.09. The van der Waals surface area contributed by atoms with Crippen molar-refractivity contribution in [3.63, 3.8) is 0 Å². The minimum absolute atomic E-state index is 0.179. The van der Waals surface area contributed by atoms with Gasteiger partial charge in [0, 0.05) is 11.8 Å². The largest absolute Gasteiger partial charge is 0.465 e. The van der Waals surface area contributed by atoms with Crippen molar-refractivity contribution in [2.45, 2.75) is 0 Å². The van der Waals surface area contributed by atoms with Gasteiger partial charge < -0.3 is 4.74 Å². The highest BCUT2D eigenvalue weighted by Crippen LogP contribution is 2.36. The highest BCUT2D eigenvalue weighted by Gasteiger charge is 2.18. The molecule has 0 amide bonds. The number of pyridine rings is 1. The first kappa shape index (κ1) is 14.1. The van der Waals surface area contributed by atoms with E-state index in [4.69, 9.17) is 34.8 Å². The van der Waals surface area contributed by atoms with Gasteiger partial charge in [0.15, 0.2) is 0 Å². The molecule has 0 aliphatic carbocycles. The Balaban J connectivity index is 2.64. The molecule has 0 atom stereocenters. The molecule has 0 bridgehead atoms. The van der Waals surface area contributed by atoms with Crippen molar-refractivity contribution in [1.29, 1.82) is 0 Å². The fraction of sp³-hybridized carbons (Fsp3) is 0.0769. The van der Waals surface area contributed by atoms with Crippen molar-refractivity contribution >= 4 is 40.8 Å². The molecular formula is C13H8Cl3NO2. The number of benzene rings is 1. The van der Waals surface area contributed by atoms with E-state index in [-0.39, 0.29) is 10.6 Å². The van der Waals surface area contributed by atoms with Crippen molar-refractivity contribution < 1.29 is 9.53 Å². The number of hydrogen-bond acceptors (Lipinski definition) is 3. The third kappa shape index (κ3) is 2.68. The molecule has 98 valence electrons. The summed E-state index contributed by atoms with van der Waals surface area (Å²) in [5, 5.41) is 0.902. The minimum atomic E-state index is -0.535. The number of halogens is 3. The molecule has 0 aliphatic heterocycles. The zero-order chi connectivity index (χ0) is 14.0. The molecule has 3 nitrogen and oxygen atoms in total. The molecule has 1 aromatic heterocycles. The molecule has 0 unspecified atom stereocenters. The second-order valence-corrected chi connectivity index (χ2v) is 4.78. The first-order chi connectivity index (χ1) is 9.06. The van der Waals surface area contributed by atoms with Crippen LogP contribution in [0, 0.1) is 0 Å². The van der Waals surface area contributed by atoms with Crippen LogP contribution in [0.4, 0.5) is 0 Å². The number of carbonyl (C=O) groups excluding carboxylic acids is 1. The van der Waals surface area contributed by atoms with Gasteiger partial charge in [0.2, 0.25) is 0 Å². The van der Waals surface area contributed by atoms with Crippen molar-refractivity contribution in [2.24, 2.45) is 0 Å². The standard InChI is InChI=1S/C13H8Cl3NO2/c1-19-13(18)8-5-6-17-12(11(8)16)7-3-2-4-9(14)10(7)15/h2-6H,1H3. The summed E-state index contributed by atoms with van der Waals surface area (Å²) < 4.78 is 4.65. The molecule has 2 rings (SSSR count). The Labute approximate surface area is 125 Å². The van der Waals surface area contributed by atoms with Gasteiger partial charge in [0.05, 0.1) is 33.4 Å². The van der Waals surface area contributed by atoms with Crippen molar-refractivity contribution in [3.05, 3.63) is 51.1 Å². The summed E-state index contributed by atoms with van der Waals surface area (Å²) in [5.41, 5.74) is 1.17. The number of ether oxygens (including phenoxy) is 1. The number of hydrogen-bond donors (Lipinski definition) is 0. The Morgan fingerprint density at radius 1 is 1.16 bits per heavy atom. The quantitative estimate of drug-likeness (QED) is 0.766. The molecule has 0 aliphatic rings. The van der Waals surface area contributed by atoms with Gasteiger partial charge in [0.1, 0.15) is 0 Å². The first-order valence-electron chi connectivity index (χ1n) is 5.23. The number of nitrogens with zero attached hydrogens (tertiary/aromatic N) is 1. The van der Waals surface area contributed by atoms with Crippen LogP contribution < -0.4 is 0 Å². The summed E-state index contributed by atoms with van der Waals surface area (Å²) >= 11 is 18.2. The Bertz CT molecular complexity index is 644. The molecule has 1 aromatic carbocycles. The normalized spacial score (nSPS) is 10.3. The van der Waals surface area contributed by atoms with E-state index < -0.39 is 5.97 Å². The van der Waals surface area contributed by atoms with Crippen LogP contribution in [0.3, 0.4) is 0 Å². The molecule has 0 saturated heterocycles. The van der Waals surface area contributed by atoms with Gasteiger partial charge in [-0.05, 0) is 12.1 Å². The number of methoxy groups -OCH3 is 1. The van der Waals surface area contributed by atoms with Crippen molar-refractivity contribution in [1.82, 2.24) is 4.98 Å². The SMILES string of the molecule is COC(=O)c1ccnc(-c2cccc(Cl)c2Cl)c1Cl. The second-order valence-electron chi connectivity index (χ2n) is 3.61. The van der Waals surface area contributed by atoms with Gasteiger partial charge in [-0.2, -0.15) is 0 Å². The Morgan fingerprint density at radius 3 is 2.58 bits per heavy atom. The summed E-state index contributed by atoms with van der Waals surface area (Å²) in [6.07, 6.45) is 1.46. The van der Waals surface area contributed by atoms with Gasteiger partial charge >= 0.3 is 5.97 Å². The molecule has 2 aromatic rings. The van der Waals surface area contributed by atoms with Crippen LogP contribution in [-0.4, -0.2) is 18.1 Å². The van der Waals surface area contributed by atoms with E-state index in [1.807, 2.05) is 0 Å². The lowest BCUT2D eigenvalue weighted by molar-refractivity contribution is 0.0601. The molecular weight excluding hydrogens is 309 g/mol. The lowest BCUT2D eigenvalue weighted by atomic mass is 10.1. The van der Waals surface area contributed by atoms with Crippen molar-refractivity contribution in [3.8, 4) is 11.3 Å². The van der Waals surface area contributed by atoms with E-state index in [0.717, 1.165) is 0 Å². The van der Waals surface area contributed by atoms with Gasteiger partial charge in [0.25, 0.3) is 0 Å². The van der Waals surface area contributed by atoms with Crippen LogP contribution in [0.5, 0.6) is 0 Å². The number of aromatic nitrogens is 1. The van der Waals surface area contributed by atoms with Gasteiger partial charge in [-0.3, -0.25) is 4.98 Å². The van der Waals surface area contributed by atoms with Gasteiger partial charge in [-0.1, -0.05) is 46.9 Å². The van der Waals surface area contributed by atoms with Gasteiger partial charge in [-0.15, -0.1) is 0 Å². The molecule has 0 fully saturated rings. The van der Waals surface area contributed by atoms with Crippen LogP contribution in [0.25, 0.3) is 11.3 Å². The van der Waals surface area contributed by atoms with E-state index in [0.29, 0.717) is 21.3 Å². The smallest absolute Gasteiger partial charge is 0.339 e. The summed E-state index contributed by atoms with van der Waals surface area (Å²) in [6, 6.07) is 6.59. The monoisotopic (exact) mass is 315 g/mol. The third-order valence-corrected chi connectivity index (χ3v) is 3.70. The second kappa shape index (κ2) is 5.78. The number of carbonyl (C=O) groups is 1. The zero-order valence-corrected chi connectivity index (χ0v) is 12.1. The van der Waals surface area contributed by atoms with E-state index in [1.165, 1.54) is 19.4 Å². The van der Waals surface area contributed by atoms with E-state index in [1.54, 1.807) is 18.2 Å². The molecule has 19 heavy (non-hydrogen) atoms.